The number of halogens is 1. The van der Waals surface area contributed by atoms with Crippen molar-refractivity contribution in [3.8, 4) is 22.4 Å². The predicted molar refractivity (Wildman–Crippen MR) is 104 cm³/mol. The van der Waals surface area contributed by atoms with Gasteiger partial charge < -0.3 is 5.73 Å². The second-order valence-electron chi connectivity index (χ2n) is 6.40. The minimum atomic E-state index is -0.277. The van der Waals surface area contributed by atoms with Gasteiger partial charge in [-0.05, 0) is 53.9 Å². The summed E-state index contributed by atoms with van der Waals surface area (Å²) in [6.07, 6.45) is 4.16. The molecule has 27 heavy (non-hydrogen) atoms. The molecular weight excluding hydrogens is 339 g/mol. The fraction of sp³-hybridized carbons (Fsp3) is 0.0909. The molecule has 2 aromatic carbocycles. The fourth-order valence-corrected chi connectivity index (χ4v) is 3.22. The summed E-state index contributed by atoms with van der Waals surface area (Å²) in [5.74, 6) is -0.277. The number of rotatable bonds is 5. The topological polar surface area (TPSA) is 67.6 Å². The highest BCUT2D eigenvalue weighted by molar-refractivity contribution is 5.82. The molecule has 1 atom stereocenters. The van der Waals surface area contributed by atoms with E-state index in [0.717, 1.165) is 33.6 Å². The van der Waals surface area contributed by atoms with Gasteiger partial charge >= 0.3 is 0 Å². The number of H-pyrrole nitrogens is 1. The van der Waals surface area contributed by atoms with E-state index in [2.05, 4.69) is 27.3 Å². The van der Waals surface area contributed by atoms with Gasteiger partial charge in [0.2, 0.25) is 0 Å². The lowest BCUT2D eigenvalue weighted by atomic mass is 9.94. The molecule has 0 aliphatic heterocycles. The van der Waals surface area contributed by atoms with E-state index in [-0.39, 0.29) is 11.9 Å². The summed E-state index contributed by atoms with van der Waals surface area (Å²) >= 11 is 0. The van der Waals surface area contributed by atoms with Crippen molar-refractivity contribution >= 4 is 0 Å². The third-order valence-electron chi connectivity index (χ3n) is 4.55. The van der Waals surface area contributed by atoms with Crippen LogP contribution < -0.4 is 5.73 Å². The lowest BCUT2D eigenvalue weighted by Gasteiger charge is -2.13. The molecule has 0 aliphatic rings. The summed E-state index contributed by atoms with van der Waals surface area (Å²) in [5.41, 5.74) is 12.0. The molecule has 4 aromatic rings. The van der Waals surface area contributed by atoms with Gasteiger partial charge in [0, 0.05) is 23.5 Å². The van der Waals surface area contributed by atoms with Gasteiger partial charge in [0.25, 0.3) is 0 Å². The maximum Gasteiger partial charge on any atom is 0.123 e. The first-order valence-electron chi connectivity index (χ1n) is 8.76. The van der Waals surface area contributed by atoms with E-state index in [1.807, 2.05) is 30.3 Å². The Hall–Kier alpha value is -3.31. The number of aromatic nitrogens is 3. The molecule has 0 saturated heterocycles. The maximum atomic E-state index is 13.3. The normalized spacial score (nSPS) is 12.1. The molecule has 2 heterocycles. The molecule has 5 heteroatoms. The van der Waals surface area contributed by atoms with E-state index in [0.29, 0.717) is 6.42 Å². The minimum Gasteiger partial charge on any atom is -0.322 e. The van der Waals surface area contributed by atoms with Crippen LogP contribution in [-0.2, 0) is 6.42 Å². The second kappa shape index (κ2) is 7.51. The highest BCUT2D eigenvalue weighted by atomic mass is 19.1. The zero-order valence-corrected chi connectivity index (χ0v) is 14.6. The van der Waals surface area contributed by atoms with Gasteiger partial charge in [0.05, 0.1) is 11.7 Å². The van der Waals surface area contributed by atoms with Crippen molar-refractivity contribution in [1.29, 1.82) is 0 Å². The highest BCUT2D eigenvalue weighted by Crippen LogP contribution is 2.35. The summed E-state index contributed by atoms with van der Waals surface area (Å²) in [6, 6.07) is 20.0. The van der Waals surface area contributed by atoms with Crippen molar-refractivity contribution < 1.29 is 4.39 Å². The smallest absolute Gasteiger partial charge is 0.123 e. The lowest BCUT2D eigenvalue weighted by molar-refractivity contribution is 0.628. The van der Waals surface area contributed by atoms with Gasteiger partial charge in [-0.1, -0.05) is 30.3 Å². The fourth-order valence-electron chi connectivity index (χ4n) is 3.22. The Morgan fingerprint density at radius 3 is 2.30 bits per heavy atom. The Kier molecular flexibility index (Phi) is 4.77. The van der Waals surface area contributed by atoms with Gasteiger partial charge in [-0.3, -0.25) is 10.1 Å². The van der Waals surface area contributed by atoms with Gasteiger partial charge in [-0.2, -0.15) is 5.10 Å². The van der Waals surface area contributed by atoms with Crippen LogP contribution in [0.2, 0.25) is 0 Å². The first-order chi connectivity index (χ1) is 13.2. The summed E-state index contributed by atoms with van der Waals surface area (Å²) in [6.45, 7) is 0. The Morgan fingerprint density at radius 2 is 1.59 bits per heavy atom. The Bertz CT molecular complexity index is 1010. The van der Waals surface area contributed by atoms with Crippen molar-refractivity contribution in [3.63, 3.8) is 0 Å². The number of pyridine rings is 1. The molecule has 0 radical (unpaired) electrons. The number of nitrogens with one attached hydrogen (secondary N) is 1. The first-order valence-corrected chi connectivity index (χ1v) is 8.76. The third-order valence-corrected chi connectivity index (χ3v) is 4.55. The van der Waals surface area contributed by atoms with E-state index < -0.39 is 0 Å². The lowest BCUT2D eigenvalue weighted by Crippen LogP contribution is -2.15. The maximum absolute atomic E-state index is 13.3. The van der Waals surface area contributed by atoms with Crippen LogP contribution in [-0.4, -0.2) is 15.2 Å². The van der Waals surface area contributed by atoms with Crippen molar-refractivity contribution in [2.45, 2.75) is 12.5 Å². The molecule has 0 unspecified atom stereocenters. The Balaban J connectivity index is 1.79. The monoisotopic (exact) mass is 358 g/mol. The molecule has 2 aromatic heterocycles. The van der Waals surface area contributed by atoms with Crippen molar-refractivity contribution in [1.82, 2.24) is 15.2 Å². The predicted octanol–water partition coefficient (Wildman–Crippen LogP) is 4.52. The van der Waals surface area contributed by atoms with Crippen LogP contribution in [0, 0.1) is 5.82 Å². The van der Waals surface area contributed by atoms with Crippen molar-refractivity contribution in [3.05, 3.63) is 96.2 Å². The van der Waals surface area contributed by atoms with Crippen LogP contribution in [0.1, 0.15) is 17.3 Å². The molecular formula is C22H19FN4. The number of benzene rings is 2. The molecule has 0 saturated carbocycles. The van der Waals surface area contributed by atoms with Crippen LogP contribution in [0.3, 0.4) is 0 Å². The molecule has 4 rings (SSSR count). The quantitative estimate of drug-likeness (QED) is 0.551. The minimum absolute atomic E-state index is 0.253. The van der Waals surface area contributed by atoms with Crippen molar-refractivity contribution in [2.24, 2.45) is 5.73 Å². The largest absolute Gasteiger partial charge is 0.322 e. The van der Waals surface area contributed by atoms with Crippen LogP contribution in [0.15, 0.2) is 79.1 Å². The van der Waals surface area contributed by atoms with Crippen LogP contribution in [0.25, 0.3) is 22.4 Å². The van der Waals surface area contributed by atoms with E-state index in [4.69, 9.17) is 5.73 Å². The standard InChI is InChI=1S/C22H19FN4/c23-18-8-6-17(7-9-18)21-20(16-10-12-25-13-11-16)22(27-26-21)19(24)14-15-4-2-1-3-5-15/h1-13,19H,14,24H2,(H,26,27)/t19-/m0/s1. The number of hydrogen-bond donors (Lipinski definition) is 2. The number of nitrogens with two attached hydrogens (primary N) is 1. The van der Waals surface area contributed by atoms with E-state index >= 15 is 0 Å². The molecule has 0 bridgehead atoms. The molecule has 0 spiro atoms. The number of hydrogen-bond acceptors (Lipinski definition) is 3. The average molecular weight is 358 g/mol. The van der Waals surface area contributed by atoms with Crippen LogP contribution >= 0.6 is 0 Å². The molecule has 0 amide bonds. The SMILES string of the molecule is N[C@@H](Cc1ccccc1)c1[nH]nc(-c2ccc(F)cc2)c1-c1ccncc1. The zero-order valence-electron chi connectivity index (χ0n) is 14.6. The summed E-state index contributed by atoms with van der Waals surface area (Å²) in [4.78, 5) is 4.10. The van der Waals surface area contributed by atoms with Crippen LogP contribution in [0.5, 0.6) is 0 Å². The van der Waals surface area contributed by atoms with E-state index in [1.54, 1.807) is 24.5 Å². The van der Waals surface area contributed by atoms with Crippen LogP contribution in [0.4, 0.5) is 4.39 Å². The summed E-state index contributed by atoms with van der Waals surface area (Å²) < 4.78 is 13.3. The van der Waals surface area contributed by atoms with E-state index in [9.17, 15) is 4.39 Å². The van der Waals surface area contributed by atoms with Gasteiger partial charge in [-0.25, -0.2) is 4.39 Å². The molecule has 0 aliphatic carbocycles. The third kappa shape index (κ3) is 3.64. The molecule has 0 fully saturated rings. The molecule has 4 nitrogen and oxygen atoms in total. The highest BCUT2D eigenvalue weighted by Gasteiger charge is 2.21. The summed E-state index contributed by atoms with van der Waals surface area (Å²) in [5, 5.41) is 7.62. The zero-order chi connectivity index (χ0) is 18.6. The van der Waals surface area contributed by atoms with Gasteiger partial charge in [0.15, 0.2) is 0 Å². The Morgan fingerprint density at radius 1 is 0.889 bits per heavy atom. The average Bonchev–Trinajstić information content (AvgIpc) is 3.15. The van der Waals surface area contributed by atoms with Crippen molar-refractivity contribution in [2.75, 3.05) is 0 Å². The second-order valence-corrected chi connectivity index (χ2v) is 6.40. The molecule has 3 N–H and O–H groups in total. The summed E-state index contributed by atoms with van der Waals surface area (Å²) in [7, 11) is 0. The molecule has 134 valence electrons. The number of aromatic amines is 1. The van der Waals surface area contributed by atoms with E-state index in [1.165, 1.54) is 12.1 Å². The van der Waals surface area contributed by atoms with Gasteiger partial charge in [0.1, 0.15) is 11.5 Å². The first kappa shape index (κ1) is 17.1. The van der Waals surface area contributed by atoms with Gasteiger partial charge in [-0.15, -0.1) is 0 Å². The number of nitrogens with zero attached hydrogens (tertiary/aromatic N) is 2. The Labute approximate surface area is 156 Å².